The molecule has 0 unspecified atom stereocenters. The fourth-order valence-electron chi connectivity index (χ4n) is 3.10. The van der Waals surface area contributed by atoms with E-state index < -0.39 is 0 Å². The van der Waals surface area contributed by atoms with Crippen molar-refractivity contribution in [3.63, 3.8) is 0 Å². The zero-order chi connectivity index (χ0) is 16.2. The molecule has 0 fully saturated rings. The molecule has 0 radical (unpaired) electrons. The molecule has 22 heavy (non-hydrogen) atoms. The summed E-state index contributed by atoms with van der Waals surface area (Å²) in [6.45, 7) is 6.75. The lowest BCUT2D eigenvalue weighted by atomic mass is 9.79. The van der Waals surface area contributed by atoms with Crippen LogP contribution in [0, 0.1) is 11.2 Å². The van der Waals surface area contributed by atoms with Gasteiger partial charge in [0, 0.05) is 11.4 Å². The van der Waals surface area contributed by atoms with Crippen molar-refractivity contribution in [2.75, 3.05) is 0 Å². The highest BCUT2D eigenvalue weighted by molar-refractivity contribution is 6.17. The third kappa shape index (κ3) is 4.10. The third-order valence-electron chi connectivity index (χ3n) is 4.08. The Balaban J connectivity index is 2.48. The lowest BCUT2D eigenvalue weighted by Crippen LogP contribution is -2.15. The van der Waals surface area contributed by atoms with Crippen LogP contribution >= 0.6 is 11.6 Å². The molecule has 0 spiro atoms. The standard InChI is InChI=1S/C20H24ClF/c1-4-11-20(2,3)13-16-12-15(14-21)9-10-17(16)18-7-5-6-8-19(18)22/h5-10,12H,4,11,13-14H2,1-3H3. The fourth-order valence-corrected chi connectivity index (χ4v) is 3.27. The molecule has 2 rings (SSSR count). The predicted molar refractivity (Wildman–Crippen MR) is 93.8 cm³/mol. The van der Waals surface area contributed by atoms with Crippen LogP contribution in [0.25, 0.3) is 11.1 Å². The molecular weight excluding hydrogens is 295 g/mol. The van der Waals surface area contributed by atoms with Gasteiger partial charge in [-0.05, 0) is 41.0 Å². The van der Waals surface area contributed by atoms with Gasteiger partial charge in [-0.2, -0.15) is 0 Å². The molecule has 0 atom stereocenters. The van der Waals surface area contributed by atoms with E-state index in [0.717, 1.165) is 30.4 Å². The molecule has 0 heterocycles. The maximum Gasteiger partial charge on any atom is 0.131 e. The van der Waals surface area contributed by atoms with Gasteiger partial charge in [0.25, 0.3) is 0 Å². The van der Waals surface area contributed by atoms with Gasteiger partial charge in [0.15, 0.2) is 0 Å². The first-order chi connectivity index (χ1) is 10.5. The van der Waals surface area contributed by atoms with Gasteiger partial charge in [-0.1, -0.05) is 63.6 Å². The minimum atomic E-state index is -0.171. The molecule has 0 N–H and O–H groups in total. The summed E-state index contributed by atoms with van der Waals surface area (Å²) in [6, 6.07) is 13.1. The highest BCUT2D eigenvalue weighted by atomic mass is 35.5. The van der Waals surface area contributed by atoms with Crippen LogP contribution in [0.15, 0.2) is 42.5 Å². The first-order valence-corrected chi connectivity index (χ1v) is 8.43. The number of halogens is 2. The van der Waals surface area contributed by atoms with E-state index in [-0.39, 0.29) is 11.2 Å². The van der Waals surface area contributed by atoms with E-state index in [2.05, 4.69) is 26.8 Å². The van der Waals surface area contributed by atoms with Crippen LogP contribution in [0.5, 0.6) is 0 Å². The van der Waals surface area contributed by atoms with Crippen molar-refractivity contribution in [1.29, 1.82) is 0 Å². The summed E-state index contributed by atoms with van der Waals surface area (Å²) in [5.74, 6) is 0.314. The van der Waals surface area contributed by atoms with Crippen molar-refractivity contribution < 1.29 is 4.39 Å². The molecule has 0 amide bonds. The molecule has 0 aliphatic rings. The fraction of sp³-hybridized carbons (Fsp3) is 0.400. The summed E-state index contributed by atoms with van der Waals surface area (Å²) in [4.78, 5) is 0. The smallest absolute Gasteiger partial charge is 0.131 e. The van der Waals surface area contributed by atoms with E-state index in [0.29, 0.717) is 11.4 Å². The maximum absolute atomic E-state index is 14.2. The van der Waals surface area contributed by atoms with Gasteiger partial charge < -0.3 is 0 Å². The van der Waals surface area contributed by atoms with Gasteiger partial charge in [0.2, 0.25) is 0 Å². The molecule has 2 aromatic carbocycles. The van der Waals surface area contributed by atoms with E-state index in [1.54, 1.807) is 6.07 Å². The molecule has 0 aliphatic heterocycles. The molecule has 0 aliphatic carbocycles. The Bertz CT molecular complexity index is 631. The zero-order valence-electron chi connectivity index (χ0n) is 13.6. The second kappa shape index (κ2) is 7.28. The molecule has 0 aromatic heterocycles. The summed E-state index contributed by atoms with van der Waals surface area (Å²) in [7, 11) is 0. The van der Waals surface area contributed by atoms with E-state index in [4.69, 9.17) is 11.6 Å². The van der Waals surface area contributed by atoms with Crippen molar-refractivity contribution in [2.24, 2.45) is 5.41 Å². The molecule has 2 aromatic rings. The SMILES string of the molecule is CCCC(C)(C)Cc1cc(CCl)ccc1-c1ccccc1F. The molecule has 0 nitrogen and oxygen atoms in total. The van der Waals surface area contributed by atoms with Gasteiger partial charge in [0.05, 0.1) is 0 Å². The lowest BCUT2D eigenvalue weighted by Gasteiger charge is -2.26. The van der Waals surface area contributed by atoms with Crippen LogP contribution in [0.2, 0.25) is 0 Å². The van der Waals surface area contributed by atoms with Crippen LogP contribution in [-0.2, 0) is 12.3 Å². The number of alkyl halides is 1. The summed E-state index contributed by atoms with van der Waals surface area (Å²) in [6.07, 6.45) is 3.22. The first-order valence-electron chi connectivity index (χ1n) is 7.89. The topological polar surface area (TPSA) is 0 Å². The van der Waals surface area contributed by atoms with Gasteiger partial charge in [-0.15, -0.1) is 11.6 Å². The number of hydrogen-bond donors (Lipinski definition) is 0. The van der Waals surface area contributed by atoms with Crippen molar-refractivity contribution in [3.8, 4) is 11.1 Å². The Kier molecular flexibility index (Phi) is 5.63. The van der Waals surface area contributed by atoms with Crippen molar-refractivity contribution in [3.05, 3.63) is 59.4 Å². The molecule has 118 valence electrons. The Morgan fingerprint density at radius 3 is 2.41 bits per heavy atom. The molecule has 2 heteroatoms. The lowest BCUT2D eigenvalue weighted by molar-refractivity contribution is 0.329. The van der Waals surface area contributed by atoms with Gasteiger partial charge in [0.1, 0.15) is 5.82 Å². The summed E-state index contributed by atoms with van der Waals surface area (Å²) in [5, 5.41) is 0. The van der Waals surface area contributed by atoms with Crippen LogP contribution in [0.1, 0.15) is 44.7 Å². The van der Waals surface area contributed by atoms with E-state index in [1.165, 1.54) is 11.6 Å². The second-order valence-electron chi connectivity index (χ2n) is 6.70. The summed E-state index contributed by atoms with van der Waals surface area (Å²) < 4.78 is 14.2. The van der Waals surface area contributed by atoms with Crippen molar-refractivity contribution in [2.45, 2.75) is 45.9 Å². The Morgan fingerprint density at radius 2 is 1.77 bits per heavy atom. The van der Waals surface area contributed by atoms with Crippen LogP contribution in [0.4, 0.5) is 4.39 Å². The minimum Gasteiger partial charge on any atom is -0.206 e. The number of benzene rings is 2. The van der Waals surface area contributed by atoms with Crippen LogP contribution in [0.3, 0.4) is 0 Å². The average molecular weight is 319 g/mol. The third-order valence-corrected chi connectivity index (χ3v) is 4.39. The van der Waals surface area contributed by atoms with Crippen molar-refractivity contribution >= 4 is 11.6 Å². The molecule has 0 saturated carbocycles. The average Bonchev–Trinajstić information content (AvgIpc) is 2.47. The number of hydrogen-bond acceptors (Lipinski definition) is 0. The first kappa shape index (κ1) is 17.0. The van der Waals surface area contributed by atoms with Crippen LogP contribution < -0.4 is 0 Å². The zero-order valence-corrected chi connectivity index (χ0v) is 14.4. The van der Waals surface area contributed by atoms with E-state index in [1.807, 2.05) is 24.3 Å². The Labute approximate surface area is 138 Å². The second-order valence-corrected chi connectivity index (χ2v) is 6.96. The van der Waals surface area contributed by atoms with Gasteiger partial charge in [-0.25, -0.2) is 4.39 Å². The van der Waals surface area contributed by atoms with Gasteiger partial charge in [-0.3, -0.25) is 0 Å². The monoisotopic (exact) mass is 318 g/mol. The number of rotatable bonds is 6. The summed E-state index contributed by atoms with van der Waals surface area (Å²) >= 11 is 5.99. The van der Waals surface area contributed by atoms with E-state index in [9.17, 15) is 4.39 Å². The van der Waals surface area contributed by atoms with Crippen molar-refractivity contribution in [1.82, 2.24) is 0 Å². The maximum atomic E-state index is 14.2. The Hall–Kier alpha value is -1.34. The van der Waals surface area contributed by atoms with E-state index >= 15 is 0 Å². The normalized spacial score (nSPS) is 11.7. The van der Waals surface area contributed by atoms with Crippen LogP contribution in [-0.4, -0.2) is 0 Å². The quantitative estimate of drug-likeness (QED) is 0.526. The largest absolute Gasteiger partial charge is 0.206 e. The molecule has 0 saturated heterocycles. The highest BCUT2D eigenvalue weighted by Gasteiger charge is 2.20. The molecule has 0 bridgehead atoms. The van der Waals surface area contributed by atoms with Gasteiger partial charge >= 0.3 is 0 Å². The summed E-state index contributed by atoms with van der Waals surface area (Å²) in [5.41, 5.74) is 4.12. The molecular formula is C20H24ClF. The Morgan fingerprint density at radius 1 is 1.05 bits per heavy atom. The highest BCUT2D eigenvalue weighted by Crippen LogP contribution is 2.34. The minimum absolute atomic E-state index is 0.171. The predicted octanol–water partition coefficient (Wildman–Crippen LogP) is 6.60.